The van der Waals surface area contributed by atoms with Gasteiger partial charge in [0, 0.05) is 0 Å². The van der Waals surface area contributed by atoms with Gasteiger partial charge >= 0.3 is 0 Å². The van der Waals surface area contributed by atoms with Crippen molar-refractivity contribution in [3.63, 3.8) is 0 Å². The van der Waals surface area contributed by atoms with Crippen LogP contribution in [0.3, 0.4) is 0 Å². The van der Waals surface area contributed by atoms with Crippen molar-refractivity contribution in [1.29, 1.82) is 0 Å². The minimum absolute atomic E-state index is 0.287. The van der Waals surface area contributed by atoms with Gasteiger partial charge in [-0.25, -0.2) is 8.78 Å². The molecule has 0 radical (unpaired) electrons. The third kappa shape index (κ3) is 5.90. The van der Waals surface area contributed by atoms with E-state index in [0.29, 0.717) is 13.0 Å². The van der Waals surface area contributed by atoms with E-state index in [9.17, 15) is 8.78 Å². The first-order valence-electron chi connectivity index (χ1n) is 12.7. The molecule has 0 saturated carbocycles. The normalized spacial score (nSPS) is 11.7. The molecule has 0 aliphatic rings. The van der Waals surface area contributed by atoms with E-state index in [-0.39, 0.29) is 11.6 Å². The smallest absolute Gasteiger partial charge is 0.123 e. The highest BCUT2D eigenvalue weighted by atomic mass is 19.1. The molecule has 0 spiro atoms. The standard InChI is InChI=1S/C35H28F2O/c1-2-38-33-22-8-25(9-23-33)24-34(28-14-18-31(36)19-15-28)35(30-16-20-32(37)21-17-30)29-12-10-27(11-13-29)26-6-4-3-5-7-26/h3-23H,2,24H2,1H3/b35-34-. The van der Waals surface area contributed by atoms with Crippen molar-refractivity contribution >= 4 is 11.1 Å². The van der Waals surface area contributed by atoms with Gasteiger partial charge in [-0.1, -0.05) is 91.0 Å². The molecule has 188 valence electrons. The van der Waals surface area contributed by atoms with Crippen LogP contribution >= 0.6 is 0 Å². The zero-order chi connectivity index (χ0) is 26.3. The Hall–Kier alpha value is -4.50. The molecule has 1 nitrogen and oxygen atoms in total. The zero-order valence-electron chi connectivity index (χ0n) is 21.2. The van der Waals surface area contributed by atoms with E-state index in [1.54, 1.807) is 24.3 Å². The van der Waals surface area contributed by atoms with E-state index in [2.05, 4.69) is 48.5 Å². The van der Waals surface area contributed by atoms with Crippen molar-refractivity contribution in [2.75, 3.05) is 6.61 Å². The molecule has 0 N–H and O–H groups in total. The number of hydrogen-bond donors (Lipinski definition) is 0. The molecular weight excluding hydrogens is 474 g/mol. The number of rotatable bonds is 8. The highest BCUT2D eigenvalue weighted by Crippen LogP contribution is 2.36. The third-order valence-corrected chi connectivity index (χ3v) is 6.52. The van der Waals surface area contributed by atoms with Crippen LogP contribution in [0, 0.1) is 11.6 Å². The van der Waals surface area contributed by atoms with E-state index in [4.69, 9.17) is 4.74 Å². The molecule has 0 atom stereocenters. The van der Waals surface area contributed by atoms with Gasteiger partial charge in [0.25, 0.3) is 0 Å². The number of benzene rings is 5. The van der Waals surface area contributed by atoms with E-state index >= 15 is 0 Å². The maximum Gasteiger partial charge on any atom is 0.123 e. The van der Waals surface area contributed by atoms with E-state index in [0.717, 1.165) is 50.3 Å². The summed E-state index contributed by atoms with van der Waals surface area (Å²) in [6.45, 7) is 2.56. The molecule has 5 aromatic carbocycles. The summed E-state index contributed by atoms with van der Waals surface area (Å²) in [6.07, 6.45) is 0.602. The second-order valence-corrected chi connectivity index (χ2v) is 9.06. The maximum absolute atomic E-state index is 13.9. The first-order valence-corrected chi connectivity index (χ1v) is 12.7. The van der Waals surface area contributed by atoms with Gasteiger partial charge in [0.05, 0.1) is 6.61 Å². The van der Waals surface area contributed by atoms with Crippen LogP contribution in [0.5, 0.6) is 5.75 Å². The van der Waals surface area contributed by atoms with Gasteiger partial charge in [-0.05, 0) is 94.3 Å². The van der Waals surface area contributed by atoms with Crippen molar-refractivity contribution in [3.05, 3.63) is 161 Å². The van der Waals surface area contributed by atoms with E-state index in [1.807, 2.05) is 37.3 Å². The van der Waals surface area contributed by atoms with Gasteiger partial charge in [0.1, 0.15) is 17.4 Å². The van der Waals surface area contributed by atoms with Crippen LogP contribution in [0.15, 0.2) is 127 Å². The van der Waals surface area contributed by atoms with Gasteiger partial charge in [-0.15, -0.1) is 0 Å². The van der Waals surface area contributed by atoms with Gasteiger partial charge in [-0.2, -0.15) is 0 Å². The van der Waals surface area contributed by atoms with Crippen LogP contribution in [0.4, 0.5) is 8.78 Å². The number of hydrogen-bond acceptors (Lipinski definition) is 1. The Morgan fingerprint density at radius 1 is 0.553 bits per heavy atom. The fourth-order valence-corrected chi connectivity index (χ4v) is 4.65. The molecule has 0 fully saturated rings. The second kappa shape index (κ2) is 11.7. The molecule has 0 aliphatic heterocycles. The minimum atomic E-state index is -0.289. The Labute approximate surface area is 222 Å². The van der Waals surface area contributed by atoms with Crippen LogP contribution in [0.2, 0.25) is 0 Å². The van der Waals surface area contributed by atoms with Gasteiger partial charge in [0.15, 0.2) is 0 Å². The topological polar surface area (TPSA) is 9.23 Å². The third-order valence-electron chi connectivity index (χ3n) is 6.52. The van der Waals surface area contributed by atoms with Gasteiger partial charge < -0.3 is 4.74 Å². The largest absolute Gasteiger partial charge is 0.494 e. The van der Waals surface area contributed by atoms with E-state index < -0.39 is 0 Å². The van der Waals surface area contributed by atoms with Crippen molar-refractivity contribution < 1.29 is 13.5 Å². The summed E-state index contributed by atoms with van der Waals surface area (Å²) in [5, 5.41) is 0. The molecule has 3 heteroatoms. The molecule has 5 rings (SSSR count). The molecular formula is C35H28F2O. The predicted molar refractivity (Wildman–Crippen MR) is 152 cm³/mol. The van der Waals surface area contributed by atoms with Crippen molar-refractivity contribution in [2.45, 2.75) is 13.3 Å². The first kappa shape index (κ1) is 25.2. The summed E-state index contributed by atoms with van der Waals surface area (Å²) in [4.78, 5) is 0. The first-order chi connectivity index (χ1) is 18.6. The molecule has 0 saturated heterocycles. The van der Waals surface area contributed by atoms with Crippen molar-refractivity contribution in [1.82, 2.24) is 0 Å². The molecule has 0 unspecified atom stereocenters. The maximum atomic E-state index is 13.9. The quantitative estimate of drug-likeness (QED) is 0.192. The zero-order valence-corrected chi connectivity index (χ0v) is 21.2. The Kier molecular flexibility index (Phi) is 7.75. The SMILES string of the molecule is CCOc1ccc(C/C(=C(/c2ccc(F)cc2)c2ccc(-c3ccccc3)cc2)c2ccc(F)cc2)cc1. The number of ether oxygens (including phenoxy) is 1. The monoisotopic (exact) mass is 502 g/mol. The summed E-state index contributed by atoms with van der Waals surface area (Å²) >= 11 is 0. The molecule has 38 heavy (non-hydrogen) atoms. The molecule has 0 heterocycles. The summed E-state index contributed by atoms with van der Waals surface area (Å²) in [6, 6.07) is 39.8. The molecule has 5 aromatic rings. The van der Waals surface area contributed by atoms with Crippen LogP contribution in [0.1, 0.15) is 29.2 Å². The van der Waals surface area contributed by atoms with Gasteiger partial charge in [0.2, 0.25) is 0 Å². The predicted octanol–water partition coefficient (Wildman–Crippen LogP) is 9.23. The highest BCUT2D eigenvalue weighted by Gasteiger charge is 2.16. The second-order valence-electron chi connectivity index (χ2n) is 9.06. The molecule has 0 aliphatic carbocycles. The Morgan fingerprint density at radius 3 is 1.61 bits per heavy atom. The van der Waals surface area contributed by atoms with Crippen LogP contribution in [-0.2, 0) is 6.42 Å². The average molecular weight is 503 g/mol. The highest BCUT2D eigenvalue weighted by molar-refractivity contribution is 5.99. The average Bonchev–Trinajstić information content (AvgIpc) is 2.96. The lowest BCUT2D eigenvalue weighted by Crippen LogP contribution is -2.00. The van der Waals surface area contributed by atoms with Crippen LogP contribution in [0.25, 0.3) is 22.3 Å². The number of allylic oxidation sites excluding steroid dienone is 1. The van der Waals surface area contributed by atoms with Crippen molar-refractivity contribution in [3.8, 4) is 16.9 Å². The van der Waals surface area contributed by atoms with Gasteiger partial charge in [-0.3, -0.25) is 0 Å². The Balaban J connectivity index is 1.67. The molecule has 0 aromatic heterocycles. The summed E-state index contributed by atoms with van der Waals surface area (Å²) < 4.78 is 33.5. The summed E-state index contributed by atoms with van der Waals surface area (Å²) in [5.74, 6) is 0.242. The number of halogens is 2. The van der Waals surface area contributed by atoms with Crippen molar-refractivity contribution in [2.24, 2.45) is 0 Å². The fourth-order valence-electron chi connectivity index (χ4n) is 4.65. The summed E-state index contributed by atoms with van der Waals surface area (Å²) in [5.41, 5.74) is 8.14. The lowest BCUT2D eigenvalue weighted by Gasteiger charge is -2.18. The van der Waals surface area contributed by atoms with E-state index in [1.165, 1.54) is 24.3 Å². The summed E-state index contributed by atoms with van der Waals surface area (Å²) in [7, 11) is 0. The molecule has 0 amide bonds. The minimum Gasteiger partial charge on any atom is -0.494 e. The fraction of sp³-hybridized carbons (Fsp3) is 0.0857. The van der Waals surface area contributed by atoms with Crippen LogP contribution in [-0.4, -0.2) is 6.61 Å². The lowest BCUT2D eigenvalue weighted by molar-refractivity contribution is 0.340. The Morgan fingerprint density at radius 2 is 1.05 bits per heavy atom. The molecule has 0 bridgehead atoms. The Bertz CT molecular complexity index is 1500. The van der Waals surface area contributed by atoms with Crippen LogP contribution < -0.4 is 4.74 Å². The lowest BCUT2D eigenvalue weighted by atomic mass is 9.86.